The highest BCUT2D eigenvalue weighted by Gasteiger charge is 2.31. The zero-order valence-electron chi connectivity index (χ0n) is 15.7. The van der Waals surface area contributed by atoms with E-state index in [2.05, 4.69) is 48.9 Å². The number of nitrogens with one attached hydrogen (secondary N) is 1. The van der Waals surface area contributed by atoms with E-state index in [1.165, 1.54) is 16.5 Å². The second-order valence-corrected chi connectivity index (χ2v) is 7.37. The number of benzene rings is 1. The number of hydrogen-bond donors (Lipinski definition) is 1. The number of rotatable bonds is 2. The van der Waals surface area contributed by atoms with Gasteiger partial charge in [-0.25, -0.2) is 0 Å². The molecule has 0 spiro atoms. The first-order valence-electron chi connectivity index (χ1n) is 9.37. The molecule has 1 saturated heterocycles. The quantitative estimate of drug-likeness (QED) is 0.720. The Hall–Kier alpha value is -2.62. The average molecular weight is 347 g/mol. The molecule has 1 amide bonds. The fourth-order valence-electron chi connectivity index (χ4n) is 4.25. The van der Waals surface area contributed by atoms with Crippen molar-refractivity contribution in [1.82, 2.24) is 14.9 Å². The number of aryl methyl sites for hydroxylation is 3. The summed E-state index contributed by atoms with van der Waals surface area (Å²) in [7, 11) is 0. The van der Waals surface area contributed by atoms with Gasteiger partial charge in [0.15, 0.2) is 0 Å². The molecule has 0 radical (unpaired) electrons. The van der Waals surface area contributed by atoms with Crippen LogP contribution >= 0.6 is 0 Å². The number of nitrogens with zero attached hydrogens (tertiary/aromatic N) is 2. The average Bonchev–Trinajstić information content (AvgIpc) is 3.03. The van der Waals surface area contributed by atoms with E-state index >= 15 is 0 Å². The van der Waals surface area contributed by atoms with Crippen LogP contribution in [0.1, 0.15) is 58.0 Å². The van der Waals surface area contributed by atoms with Gasteiger partial charge >= 0.3 is 0 Å². The molecular weight excluding hydrogens is 322 g/mol. The standard InChI is InChI=1S/C22H25N3O/c1-14-9-10-15(2)20-19(14)16(3)21(24-20)22(26)25-12-5-4-8-18(25)17-7-6-11-23-13-17/h6-7,9-11,13,18,24H,4-5,8,12H2,1-3H3/t18-/m0/s1. The van der Waals surface area contributed by atoms with Gasteiger partial charge < -0.3 is 9.88 Å². The van der Waals surface area contributed by atoms with Crippen LogP contribution in [-0.2, 0) is 0 Å². The van der Waals surface area contributed by atoms with E-state index in [0.717, 1.165) is 48.1 Å². The van der Waals surface area contributed by atoms with Crippen LogP contribution in [0.15, 0.2) is 36.7 Å². The van der Waals surface area contributed by atoms with Crippen LogP contribution < -0.4 is 0 Å². The molecule has 3 heterocycles. The first-order valence-corrected chi connectivity index (χ1v) is 9.37. The fourth-order valence-corrected chi connectivity index (χ4v) is 4.25. The second-order valence-electron chi connectivity index (χ2n) is 7.37. The Kier molecular flexibility index (Phi) is 4.27. The Morgan fingerprint density at radius 2 is 1.96 bits per heavy atom. The number of amides is 1. The normalized spacial score (nSPS) is 17.7. The van der Waals surface area contributed by atoms with Gasteiger partial charge in [-0.2, -0.15) is 0 Å². The van der Waals surface area contributed by atoms with E-state index in [9.17, 15) is 4.79 Å². The predicted octanol–water partition coefficient (Wildman–Crippen LogP) is 4.86. The molecule has 1 N–H and O–H groups in total. The van der Waals surface area contributed by atoms with Crippen LogP contribution in [-0.4, -0.2) is 27.3 Å². The summed E-state index contributed by atoms with van der Waals surface area (Å²) in [5, 5.41) is 1.18. The summed E-state index contributed by atoms with van der Waals surface area (Å²) in [5.74, 6) is 0.103. The molecule has 0 aliphatic carbocycles. The van der Waals surface area contributed by atoms with E-state index in [1.54, 1.807) is 6.20 Å². The number of hydrogen-bond acceptors (Lipinski definition) is 2. The first-order chi connectivity index (χ1) is 12.6. The highest BCUT2D eigenvalue weighted by Crippen LogP contribution is 2.34. The van der Waals surface area contributed by atoms with Gasteiger partial charge in [-0.15, -0.1) is 0 Å². The van der Waals surface area contributed by atoms with Gasteiger partial charge in [-0.1, -0.05) is 18.2 Å². The molecule has 26 heavy (non-hydrogen) atoms. The number of piperidine rings is 1. The van der Waals surface area contributed by atoms with Crippen LogP contribution in [0, 0.1) is 20.8 Å². The fraction of sp³-hybridized carbons (Fsp3) is 0.364. The number of fused-ring (bicyclic) bond motifs is 1. The summed E-state index contributed by atoms with van der Waals surface area (Å²) in [6, 6.07) is 8.38. The number of aromatic amines is 1. The first kappa shape index (κ1) is 16.8. The molecule has 1 aliphatic rings. The minimum atomic E-state index is 0.103. The summed E-state index contributed by atoms with van der Waals surface area (Å²) in [6.45, 7) is 7.05. The third kappa shape index (κ3) is 2.70. The minimum Gasteiger partial charge on any atom is -0.350 e. The van der Waals surface area contributed by atoms with Crippen molar-refractivity contribution in [3.8, 4) is 0 Å². The Morgan fingerprint density at radius 1 is 1.15 bits per heavy atom. The molecule has 3 aromatic rings. The topological polar surface area (TPSA) is 49.0 Å². The zero-order chi connectivity index (χ0) is 18.3. The number of H-pyrrole nitrogens is 1. The summed E-state index contributed by atoms with van der Waals surface area (Å²) in [6.07, 6.45) is 6.87. The molecule has 134 valence electrons. The molecule has 0 bridgehead atoms. The SMILES string of the molecule is Cc1ccc(C)c2c(C)c(C(=O)N3CCCC[C@H]3c3cccnc3)[nH]c12. The molecule has 0 saturated carbocycles. The van der Waals surface area contributed by atoms with Crippen LogP contribution in [0.25, 0.3) is 10.9 Å². The highest BCUT2D eigenvalue weighted by atomic mass is 16.2. The monoisotopic (exact) mass is 347 g/mol. The Bertz CT molecular complexity index is 958. The molecule has 4 nitrogen and oxygen atoms in total. The third-order valence-electron chi connectivity index (χ3n) is 5.67. The maximum atomic E-state index is 13.5. The number of carbonyl (C=O) groups excluding carboxylic acids is 1. The summed E-state index contributed by atoms with van der Waals surface area (Å²) < 4.78 is 0. The van der Waals surface area contributed by atoms with E-state index in [0.29, 0.717) is 0 Å². The molecule has 0 unspecified atom stereocenters. The molecular formula is C22H25N3O. The second kappa shape index (κ2) is 6.60. The van der Waals surface area contributed by atoms with Gasteiger partial charge in [-0.3, -0.25) is 9.78 Å². The largest absolute Gasteiger partial charge is 0.350 e. The molecule has 1 aliphatic heterocycles. The zero-order valence-corrected chi connectivity index (χ0v) is 15.7. The number of likely N-dealkylation sites (tertiary alicyclic amines) is 1. The summed E-state index contributed by atoms with van der Waals surface area (Å²) in [4.78, 5) is 23.2. The van der Waals surface area contributed by atoms with Crippen molar-refractivity contribution in [3.63, 3.8) is 0 Å². The Labute approximate surface area is 154 Å². The van der Waals surface area contributed by atoms with Crippen LogP contribution in [0.2, 0.25) is 0 Å². The van der Waals surface area contributed by atoms with Gasteiger partial charge in [0.2, 0.25) is 0 Å². The smallest absolute Gasteiger partial charge is 0.271 e. The number of carbonyl (C=O) groups is 1. The van der Waals surface area contributed by atoms with Gasteiger partial charge in [0.25, 0.3) is 5.91 Å². The Morgan fingerprint density at radius 3 is 2.69 bits per heavy atom. The van der Waals surface area contributed by atoms with Crippen LogP contribution in [0.4, 0.5) is 0 Å². The van der Waals surface area contributed by atoms with Crippen molar-refractivity contribution >= 4 is 16.8 Å². The van der Waals surface area contributed by atoms with E-state index < -0.39 is 0 Å². The van der Waals surface area contributed by atoms with Crippen molar-refractivity contribution in [2.75, 3.05) is 6.54 Å². The van der Waals surface area contributed by atoms with E-state index in [-0.39, 0.29) is 11.9 Å². The van der Waals surface area contributed by atoms with Crippen molar-refractivity contribution in [2.24, 2.45) is 0 Å². The summed E-state index contributed by atoms with van der Waals surface area (Å²) in [5.41, 5.74) is 6.38. The number of pyridine rings is 1. The van der Waals surface area contributed by atoms with Crippen LogP contribution in [0.5, 0.6) is 0 Å². The lowest BCUT2D eigenvalue weighted by Crippen LogP contribution is -2.39. The minimum absolute atomic E-state index is 0.103. The number of aromatic nitrogens is 2. The maximum Gasteiger partial charge on any atom is 0.271 e. The van der Waals surface area contributed by atoms with Crippen molar-refractivity contribution in [1.29, 1.82) is 0 Å². The Balaban J connectivity index is 1.77. The van der Waals surface area contributed by atoms with Crippen molar-refractivity contribution < 1.29 is 4.79 Å². The molecule has 1 fully saturated rings. The van der Waals surface area contributed by atoms with Gasteiger partial charge in [0, 0.05) is 29.8 Å². The molecule has 1 aromatic carbocycles. The lowest BCUT2D eigenvalue weighted by Gasteiger charge is -2.35. The molecule has 4 rings (SSSR count). The lowest BCUT2D eigenvalue weighted by atomic mass is 9.95. The van der Waals surface area contributed by atoms with E-state index in [4.69, 9.17) is 0 Å². The van der Waals surface area contributed by atoms with Crippen molar-refractivity contribution in [3.05, 3.63) is 64.6 Å². The van der Waals surface area contributed by atoms with Crippen molar-refractivity contribution in [2.45, 2.75) is 46.1 Å². The van der Waals surface area contributed by atoms with Gasteiger partial charge in [0.1, 0.15) is 5.69 Å². The third-order valence-corrected chi connectivity index (χ3v) is 5.67. The predicted molar refractivity (Wildman–Crippen MR) is 104 cm³/mol. The lowest BCUT2D eigenvalue weighted by molar-refractivity contribution is 0.0605. The molecule has 2 aromatic heterocycles. The molecule has 1 atom stereocenters. The summed E-state index contributed by atoms with van der Waals surface area (Å²) >= 11 is 0. The van der Waals surface area contributed by atoms with Crippen LogP contribution in [0.3, 0.4) is 0 Å². The van der Waals surface area contributed by atoms with E-state index in [1.807, 2.05) is 17.2 Å². The maximum absolute atomic E-state index is 13.5. The van der Waals surface area contributed by atoms with Gasteiger partial charge in [-0.05, 0) is 68.4 Å². The van der Waals surface area contributed by atoms with Gasteiger partial charge in [0.05, 0.1) is 6.04 Å². The highest BCUT2D eigenvalue weighted by molar-refractivity contribution is 6.02. The molecule has 4 heteroatoms.